The zero-order valence-corrected chi connectivity index (χ0v) is 16.2. The molecule has 2 aromatic rings. The quantitative estimate of drug-likeness (QED) is 0.657. The molecule has 2 aliphatic rings. The van der Waals surface area contributed by atoms with Crippen LogP contribution in [0.4, 0.5) is 4.79 Å². The number of hydrogen-bond donors (Lipinski definition) is 3. The number of likely N-dealkylation sites (tertiary alicyclic amines) is 1. The number of hydrogen-bond acceptors (Lipinski definition) is 4. The molecule has 152 valence electrons. The van der Waals surface area contributed by atoms with Gasteiger partial charge >= 0.3 is 6.03 Å². The standard InChI is InChI=1S/C20H23N5O4/c1-13-15(17(27)23-22-13)11-16(26)24-9-7-20(8-10-24)18(28)21-19(29)25(20)12-14-5-3-2-4-6-14/h2-6H,7-12H2,1H3,(H,21,28,29)(H2,22,23,27). The number of rotatable bonds is 4. The van der Waals surface area contributed by atoms with Crippen molar-refractivity contribution in [2.45, 2.75) is 38.3 Å². The first-order chi connectivity index (χ1) is 13.9. The molecule has 0 unspecified atom stereocenters. The molecule has 3 N–H and O–H groups in total. The maximum absolute atomic E-state index is 12.7. The van der Waals surface area contributed by atoms with Crippen molar-refractivity contribution < 1.29 is 14.4 Å². The molecule has 2 aliphatic heterocycles. The Morgan fingerprint density at radius 3 is 2.38 bits per heavy atom. The molecule has 2 fully saturated rings. The summed E-state index contributed by atoms with van der Waals surface area (Å²) in [6.45, 7) is 2.78. The SMILES string of the molecule is Cc1[nH][nH]c(=O)c1CC(=O)N1CCC2(CC1)C(=O)NC(=O)N2Cc1ccccc1. The third-order valence-electron chi connectivity index (χ3n) is 5.95. The van der Waals surface area contributed by atoms with E-state index in [0.717, 1.165) is 5.56 Å². The molecule has 3 heterocycles. The number of carbonyl (C=O) groups is 3. The first-order valence-electron chi connectivity index (χ1n) is 9.61. The molecular formula is C20H23N5O4. The predicted octanol–water partition coefficient (Wildman–Crippen LogP) is 0.667. The van der Waals surface area contributed by atoms with Crippen LogP contribution in [0.3, 0.4) is 0 Å². The number of benzene rings is 1. The zero-order valence-electron chi connectivity index (χ0n) is 16.2. The molecule has 9 heteroatoms. The molecule has 0 bridgehead atoms. The van der Waals surface area contributed by atoms with Crippen molar-refractivity contribution in [3.05, 3.63) is 57.5 Å². The Balaban J connectivity index is 1.47. The monoisotopic (exact) mass is 397 g/mol. The van der Waals surface area contributed by atoms with Crippen LogP contribution in [0.15, 0.2) is 35.1 Å². The van der Waals surface area contributed by atoms with E-state index >= 15 is 0 Å². The van der Waals surface area contributed by atoms with E-state index in [9.17, 15) is 19.2 Å². The molecule has 1 aromatic heterocycles. The van der Waals surface area contributed by atoms with Crippen molar-refractivity contribution in [1.82, 2.24) is 25.3 Å². The van der Waals surface area contributed by atoms with Crippen LogP contribution in [-0.4, -0.2) is 56.5 Å². The van der Waals surface area contributed by atoms with Gasteiger partial charge < -0.3 is 14.9 Å². The van der Waals surface area contributed by atoms with E-state index < -0.39 is 11.6 Å². The van der Waals surface area contributed by atoms with Crippen LogP contribution in [0.5, 0.6) is 0 Å². The van der Waals surface area contributed by atoms with Crippen LogP contribution in [0.2, 0.25) is 0 Å². The fourth-order valence-electron chi connectivity index (χ4n) is 4.16. The third-order valence-corrected chi connectivity index (χ3v) is 5.95. The summed E-state index contributed by atoms with van der Waals surface area (Å²) >= 11 is 0. The van der Waals surface area contributed by atoms with E-state index in [0.29, 0.717) is 43.7 Å². The highest BCUT2D eigenvalue weighted by Gasteiger charge is 2.54. The molecule has 0 atom stereocenters. The normalized spacial score (nSPS) is 18.4. The van der Waals surface area contributed by atoms with Gasteiger partial charge in [0.15, 0.2) is 0 Å². The Kier molecular flexibility index (Phi) is 4.73. The molecule has 4 amide bonds. The van der Waals surface area contributed by atoms with E-state index in [1.165, 1.54) is 0 Å². The zero-order chi connectivity index (χ0) is 20.6. The lowest BCUT2D eigenvalue weighted by molar-refractivity contribution is -0.137. The van der Waals surface area contributed by atoms with Crippen LogP contribution in [0.25, 0.3) is 0 Å². The van der Waals surface area contributed by atoms with E-state index in [1.54, 1.807) is 16.7 Å². The van der Waals surface area contributed by atoms with Gasteiger partial charge in [-0.15, -0.1) is 0 Å². The molecule has 0 aliphatic carbocycles. The van der Waals surface area contributed by atoms with Crippen LogP contribution >= 0.6 is 0 Å². The molecule has 0 saturated carbocycles. The minimum absolute atomic E-state index is 0.0104. The maximum atomic E-state index is 12.7. The minimum atomic E-state index is -0.939. The lowest BCUT2D eigenvalue weighted by Gasteiger charge is -2.42. The molecule has 2 saturated heterocycles. The summed E-state index contributed by atoms with van der Waals surface area (Å²) in [4.78, 5) is 52.8. The Hall–Kier alpha value is -3.36. The second kappa shape index (κ2) is 7.23. The highest BCUT2D eigenvalue weighted by atomic mass is 16.2. The fraction of sp³-hybridized carbons (Fsp3) is 0.400. The number of carbonyl (C=O) groups excluding carboxylic acids is 3. The molecule has 1 aromatic carbocycles. The van der Waals surface area contributed by atoms with E-state index in [4.69, 9.17) is 0 Å². The summed E-state index contributed by atoms with van der Waals surface area (Å²) < 4.78 is 0. The topological polar surface area (TPSA) is 118 Å². The average molecular weight is 397 g/mol. The van der Waals surface area contributed by atoms with Crippen LogP contribution in [-0.2, 0) is 22.6 Å². The van der Waals surface area contributed by atoms with Crippen molar-refractivity contribution in [3.63, 3.8) is 0 Å². The molecule has 4 rings (SSSR count). The van der Waals surface area contributed by atoms with Gasteiger partial charge in [0.2, 0.25) is 5.91 Å². The van der Waals surface area contributed by atoms with Crippen molar-refractivity contribution in [3.8, 4) is 0 Å². The number of urea groups is 1. The molecule has 9 nitrogen and oxygen atoms in total. The number of imide groups is 1. The number of amides is 4. The summed E-state index contributed by atoms with van der Waals surface area (Å²) in [7, 11) is 0. The molecule has 29 heavy (non-hydrogen) atoms. The Labute approximate surface area is 167 Å². The maximum Gasteiger partial charge on any atom is 0.325 e. The minimum Gasteiger partial charge on any atom is -0.342 e. The lowest BCUT2D eigenvalue weighted by Crippen LogP contribution is -2.57. The average Bonchev–Trinajstić information content (AvgIpc) is 3.15. The van der Waals surface area contributed by atoms with Crippen LogP contribution < -0.4 is 10.9 Å². The number of nitrogens with one attached hydrogen (secondary N) is 3. The van der Waals surface area contributed by atoms with Crippen molar-refractivity contribution >= 4 is 17.8 Å². The second-order valence-electron chi connectivity index (χ2n) is 7.60. The van der Waals surface area contributed by atoms with E-state index in [1.807, 2.05) is 30.3 Å². The second-order valence-corrected chi connectivity index (χ2v) is 7.60. The van der Waals surface area contributed by atoms with Gasteiger partial charge in [-0.05, 0) is 25.3 Å². The number of aromatic nitrogens is 2. The summed E-state index contributed by atoms with van der Waals surface area (Å²) in [5.41, 5.74) is 0.781. The number of aryl methyl sites for hydroxylation is 1. The van der Waals surface area contributed by atoms with Gasteiger partial charge in [0, 0.05) is 30.9 Å². The first kappa shape index (κ1) is 19.0. The Bertz CT molecular complexity index is 1000. The Morgan fingerprint density at radius 1 is 1.07 bits per heavy atom. The fourth-order valence-corrected chi connectivity index (χ4v) is 4.16. The number of aromatic amines is 2. The number of nitrogens with zero attached hydrogens (tertiary/aromatic N) is 2. The summed E-state index contributed by atoms with van der Waals surface area (Å²) in [6.07, 6.45) is 0.744. The van der Waals surface area contributed by atoms with Crippen LogP contribution in [0, 0.1) is 6.92 Å². The smallest absolute Gasteiger partial charge is 0.325 e. The van der Waals surface area contributed by atoms with E-state index in [-0.39, 0.29) is 23.8 Å². The molecular weight excluding hydrogens is 374 g/mol. The van der Waals surface area contributed by atoms with Gasteiger partial charge in [0.05, 0.1) is 6.42 Å². The van der Waals surface area contributed by atoms with Crippen molar-refractivity contribution in [2.24, 2.45) is 0 Å². The number of piperidine rings is 1. The first-order valence-corrected chi connectivity index (χ1v) is 9.61. The third kappa shape index (κ3) is 3.32. The van der Waals surface area contributed by atoms with Crippen LogP contribution in [0.1, 0.15) is 29.7 Å². The van der Waals surface area contributed by atoms with Gasteiger partial charge in [-0.2, -0.15) is 0 Å². The van der Waals surface area contributed by atoms with Gasteiger partial charge in [-0.1, -0.05) is 30.3 Å². The Morgan fingerprint density at radius 2 is 1.76 bits per heavy atom. The van der Waals surface area contributed by atoms with Crippen molar-refractivity contribution in [1.29, 1.82) is 0 Å². The van der Waals surface area contributed by atoms with E-state index in [2.05, 4.69) is 15.5 Å². The largest absolute Gasteiger partial charge is 0.342 e. The lowest BCUT2D eigenvalue weighted by atomic mass is 9.85. The van der Waals surface area contributed by atoms with Gasteiger partial charge in [0.1, 0.15) is 5.54 Å². The predicted molar refractivity (Wildman–Crippen MR) is 104 cm³/mol. The van der Waals surface area contributed by atoms with Gasteiger partial charge in [-0.25, -0.2) is 4.79 Å². The molecule has 0 radical (unpaired) electrons. The van der Waals surface area contributed by atoms with Crippen molar-refractivity contribution in [2.75, 3.05) is 13.1 Å². The summed E-state index contributed by atoms with van der Waals surface area (Å²) in [5.74, 6) is -0.462. The highest BCUT2D eigenvalue weighted by Crippen LogP contribution is 2.34. The number of H-pyrrole nitrogens is 2. The summed E-state index contributed by atoms with van der Waals surface area (Å²) in [6, 6.07) is 9.12. The highest BCUT2D eigenvalue weighted by molar-refractivity contribution is 6.07. The van der Waals surface area contributed by atoms with Gasteiger partial charge in [0.25, 0.3) is 11.5 Å². The molecule has 1 spiro atoms. The summed E-state index contributed by atoms with van der Waals surface area (Å²) in [5, 5.41) is 7.63. The van der Waals surface area contributed by atoms with Gasteiger partial charge in [-0.3, -0.25) is 24.8 Å².